The Kier molecular flexibility index (Phi) is 4.71. The Labute approximate surface area is 193 Å². The van der Waals surface area contributed by atoms with Gasteiger partial charge in [0.05, 0.1) is 10.8 Å². The lowest BCUT2D eigenvalue weighted by molar-refractivity contribution is -0.140. The standard InChI is InChI=1S/C27H24O5S/c28-27(32-24-13-14-25(33(29,30)31)19-10-4-3-9-18(19)24)23-15-22-16-7-1-5-11-20(16)26(23)21-12-6-2-8-17(21)22/h1-2,5-8,11-14,22-23,26H,3-4,9-10,15H2,(H,29,30,31). The van der Waals surface area contributed by atoms with E-state index in [1.165, 1.54) is 34.4 Å². The number of esters is 1. The van der Waals surface area contributed by atoms with E-state index in [-0.39, 0.29) is 28.6 Å². The van der Waals surface area contributed by atoms with Crippen LogP contribution in [0.4, 0.5) is 0 Å². The van der Waals surface area contributed by atoms with E-state index in [4.69, 9.17) is 4.74 Å². The first-order chi connectivity index (χ1) is 15.9. The highest BCUT2D eigenvalue weighted by Gasteiger charge is 2.47. The highest BCUT2D eigenvalue weighted by molar-refractivity contribution is 7.85. The van der Waals surface area contributed by atoms with Gasteiger partial charge in [-0.2, -0.15) is 8.42 Å². The third-order valence-electron chi connectivity index (χ3n) is 7.54. The normalized spacial score (nSPS) is 22.8. The summed E-state index contributed by atoms with van der Waals surface area (Å²) in [6.07, 6.45) is 3.60. The molecule has 0 aliphatic heterocycles. The first-order valence-electron chi connectivity index (χ1n) is 11.4. The number of ether oxygens (including phenoxy) is 1. The van der Waals surface area contributed by atoms with Gasteiger partial charge in [-0.1, -0.05) is 48.5 Å². The Bertz CT molecular complexity index is 1340. The van der Waals surface area contributed by atoms with Crippen molar-refractivity contribution in [3.05, 3.63) is 94.0 Å². The molecule has 0 spiro atoms. The van der Waals surface area contributed by atoms with Crippen molar-refractivity contribution in [2.24, 2.45) is 5.92 Å². The Morgan fingerprint density at radius 3 is 2.00 bits per heavy atom. The van der Waals surface area contributed by atoms with Crippen LogP contribution >= 0.6 is 0 Å². The molecular weight excluding hydrogens is 436 g/mol. The number of hydrogen-bond acceptors (Lipinski definition) is 4. The van der Waals surface area contributed by atoms with Crippen molar-refractivity contribution in [3.63, 3.8) is 0 Å². The third kappa shape index (κ3) is 3.23. The molecular formula is C27H24O5S. The Morgan fingerprint density at radius 1 is 0.818 bits per heavy atom. The first-order valence-corrected chi connectivity index (χ1v) is 12.9. The van der Waals surface area contributed by atoms with Crippen LogP contribution in [0.1, 0.15) is 64.5 Å². The number of carbonyl (C=O) groups is 1. The van der Waals surface area contributed by atoms with Crippen molar-refractivity contribution >= 4 is 16.1 Å². The van der Waals surface area contributed by atoms with E-state index in [0.29, 0.717) is 30.6 Å². The van der Waals surface area contributed by atoms with E-state index < -0.39 is 10.1 Å². The van der Waals surface area contributed by atoms with Crippen molar-refractivity contribution in [3.8, 4) is 5.75 Å². The second-order valence-corrected chi connectivity index (χ2v) is 10.6. The molecule has 1 unspecified atom stereocenters. The lowest BCUT2D eigenvalue weighted by atomic mass is 9.59. The molecule has 4 aliphatic rings. The molecule has 0 heterocycles. The Morgan fingerprint density at radius 2 is 1.39 bits per heavy atom. The Balaban J connectivity index is 1.38. The van der Waals surface area contributed by atoms with Crippen molar-refractivity contribution in [2.45, 2.75) is 48.8 Å². The molecule has 33 heavy (non-hydrogen) atoms. The van der Waals surface area contributed by atoms with Gasteiger partial charge in [0.15, 0.2) is 0 Å². The van der Waals surface area contributed by atoms with Gasteiger partial charge in [-0.3, -0.25) is 9.35 Å². The number of rotatable bonds is 3. The van der Waals surface area contributed by atoms with E-state index in [9.17, 15) is 17.8 Å². The monoisotopic (exact) mass is 460 g/mol. The van der Waals surface area contributed by atoms with Gasteiger partial charge in [0.1, 0.15) is 5.75 Å². The molecule has 0 fully saturated rings. The van der Waals surface area contributed by atoms with Crippen molar-refractivity contribution in [1.82, 2.24) is 0 Å². The Hall–Kier alpha value is -2.96. The fraction of sp³-hybridized carbons (Fsp3) is 0.296. The molecule has 1 N–H and O–H groups in total. The van der Waals surface area contributed by atoms with Crippen molar-refractivity contribution in [2.75, 3.05) is 0 Å². The average molecular weight is 461 g/mol. The summed E-state index contributed by atoms with van der Waals surface area (Å²) in [4.78, 5) is 13.5. The molecule has 0 saturated carbocycles. The topological polar surface area (TPSA) is 80.7 Å². The van der Waals surface area contributed by atoms with Crippen molar-refractivity contribution in [1.29, 1.82) is 0 Å². The minimum absolute atomic E-state index is 0.0529. The van der Waals surface area contributed by atoms with E-state index in [1.54, 1.807) is 0 Å². The van der Waals surface area contributed by atoms with E-state index >= 15 is 0 Å². The summed E-state index contributed by atoms with van der Waals surface area (Å²) in [6.45, 7) is 0. The lowest BCUT2D eigenvalue weighted by Gasteiger charge is -2.44. The first kappa shape index (κ1) is 20.6. The number of benzene rings is 3. The summed E-state index contributed by atoms with van der Waals surface area (Å²) in [5, 5.41) is 0. The van der Waals surface area contributed by atoms with Gasteiger partial charge in [-0.15, -0.1) is 0 Å². The van der Waals surface area contributed by atoms with Crippen LogP contribution in [0.3, 0.4) is 0 Å². The molecule has 0 amide bonds. The minimum Gasteiger partial charge on any atom is -0.426 e. The van der Waals surface area contributed by atoms with Crippen LogP contribution in [-0.2, 0) is 27.8 Å². The minimum atomic E-state index is -4.32. The fourth-order valence-electron chi connectivity index (χ4n) is 6.19. The van der Waals surface area contributed by atoms with Gasteiger partial charge < -0.3 is 4.74 Å². The molecule has 5 nitrogen and oxygen atoms in total. The molecule has 1 atom stereocenters. The molecule has 3 aromatic rings. The zero-order chi connectivity index (χ0) is 22.7. The van der Waals surface area contributed by atoms with E-state index in [0.717, 1.165) is 18.4 Å². The predicted octanol–water partition coefficient (Wildman–Crippen LogP) is 5.01. The van der Waals surface area contributed by atoms with Gasteiger partial charge in [-0.25, -0.2) is 0 Å². The molecule has 6 heteroatoms. The van der Waals surface area contributed by atoms with E-state index in [1.807, 2.05) is 12.1 Å². The summed E-state index contributed by atoms with van der Waals surface area (Å²) in [5.74, 6) is -0.0506. The summed E-state index contributed by atoms with van der Waals surface area (Å²) < 4.78 is 39.3. The maximum absolute atomic E-state index is 13.6. The zero-order valence-electron chi connectivity index (χ0n) is 18.0. The molecule has 3 aromatic carbocycles. The van der Waals surface area contributed by atoms with Gasteiger partial charge in [0.25, 0.3) is 10.1 Å². The molecule has 4 aliphatic carbocycles. The highest BCUT2D eigenvalue weighted by atomic mass is 32.2. The van der Waals surface area contributed by atoms with Crippen LogP contribution in [0.5, 0.6) is 5.75 Å². The summed E-state index contributed by atoms with van der Waals surface area (Å²) in [7, 11) is -4.32. The van der Waals surface area contributed by atoms with E-state index in [2.05, 4.69) is 36.4 Å². The maximum atomic E-state index is 13.6. The quantitative estimate of drug-likeness (QED) is 0.337. The second-order valence-electron chi connectivity index (χ2n) is 9.25. The average Bonchev–Trinajstić information content (AvgIpc) is 2.83. The van der Waals surface area contributed by atoms with Crippen LogP contribution in [0.15, 0.2) is 65.6 Å². The lowest BCUT2D eigenvalue weighted by Crippen LogP contribution is -2.38. The molecule has 2 bridgehead atoms. The van der Waals surface area contributed by atoms with Gasteiger partial charge in [0.2, 0.25) is 0 Å². The van der Waals surface area contributed by atoms with Crippen LogP contribution in [0, 0.1) is 5.92 Å². The highest BCUT2D eigenvalue weighted by Crippen LogP contribution is 2.55. The van der Waals surface area contributed by atoms with Gasteiger partial charge >= 0.3 is 5.97 Å². The molecule has 7 rings (SSSR count). The number of hydrogen-bond donors (Lipinski definition) is 1. The third-order valence-corrected chi connectivity index (χ3v) is 8.48. The fourth-order valence-corrected chi connectivity index (χ4v) is 6.97. The van der Waals surface area contributed by atoms with Crippen LogP contribution in [0.25, 0.3) is 0 Å². The zero-order valence-corrected chi connectivity index (χ0v) is 18.8. The summed E-state index contributed by atoms with van der Waals surface area (Å²) in [5.41, 5.74) is 6.28. The van der Waals surface area contributed by atoms with Crippen molar-refractivity contribution < 1.29 is 22.5 Å². The summed E-state index contributed by atoms with van der Waals surface area (Å²) in [6, 6.07) is 19.6. The number of fused-ring (bicyclic) bond motifs is 2. The maximum Gasteiger partial charge on any atom is 0.315 e. The molecule has 168 valence electrons. The second kappa shape index (κ2) is 7.54. The molecule has 0 saturated heterocycles. The SMILES string of the molecule is O=C(Oc1ccc(S(=O)(=O)O)c2c1CCCC2)C1CC2c3ccccc3C1c1ccccc12. The number of carbonyl (C=O) groups excluding carboxylic acids is 1. The summed E-state index contributed by atoms with van der Waals surface area (Å²) >= 11 is 0. The van der Waals surface area contributed by atoms with Crippen LogP contribution in [-0.4, -0.2) is 18.9 Å². The predicted molar refractivity (Wildman–Crippen MR) is 123 cm³/mol. The molecule has 0 radical (unpaired) electrons. The van der Waals surface area contributed by atoms with Crippen LogP contribution in [0.2, 0.25) is 0 Å². The smallest absolute Gasteiger partial charge is 0.315 e. The molecule has 0 aromatic heterocycles. The largest absolute Gasteiger partial charge is 0.426 e. The van der Waals surface area contributed by atoms with Gasteiger partial charge in [0, 0.05) is 11.8 Å². The van der Waals surface area contributed by atoms with Crippen LogP contribution < -0.4 is 4.74 Å². The van der Waals surface area contributed by atoms with Gasteiger partial charge in [-0.05, 0) is 77.6 Å².